The topological polar surface area (TPSA) is 29.1 Å². The van der Waals surface area contributed by atoms with Crippen LogP contribution in [0.2, 0.25) is 0 Å². The van der Waals surface area contributed by atoms with Gasteiger partial charge in [0.1, 0.15) is 0 Å². The molecule has 0 atom stereocenters. The van der Waals surface area contributed by atoms with E-state index >= 15 is 0 Å². The third-order valence-corrected chi connectivity index (χ3v) is 2.58. The third-order valence-electron chi connectivity index (χ3n) is 2.09. The quantitative estimate of drug-likeness (QED) is 0.818. The van der Waals surface area contributed by atoms with Crippen LogP contribution in [0, 0.1) is 6.92 Å². The summed E-state index contributed by atoms with van der Waals surface area (Å²) in [7, 11) is 0. The van der Waals surface area contributed by atoms with Gasteiger partial charge in [-0.05, 0) is 24.6 Å². The van der Waals surface area contributed by atoms with Crippen LogP contribution in [0.4, 0.5) is 27.6 Å². The van der Waals surface area contributed by atoms with Gasteiger partial charge in [-0.25, -0.2) is 0 Å². The van der Waals surface area contributed by atoms with Crippen LogP contribution < -0.4 is 5.32 Å². The molecule has 0 saturated carbocycles. The second-order valence-corrected chi connectivity index (χ2v) is 4.40. The fourth-order valence-electron chi connectivity index (χ4n) is 1.06. The van der Waals surface area contributed by atoms with Gasteiger partial charge in [-0.15, -0.1) is 0 Å². The first-order chi connectivity index (χ1) is 8.05. The van der Waals surface area contributed by atoms with Crippen LogP contribution in [0.25, 0.3) is 0 Å². The minimum atomic E-state index is -5.92. The Kier molecular flexibility index (Phi) is 3.99. The summed E-state index contributed by atoms with van der Waals surface area (Å²) in [5, 5.41) is 1.56. The van der Waals surface area contributed by atoms with Crippen molar-refractivity contribution in [2.75, 3.05) is 5.32 Å². The highest BCUT2D eigenvalue weighted by molar-refractivity contribution is 9.10. The van der Waals surface area contributed by atoms with Crippen molar-refractivity contribution in [2.45, 2.75) is 19.0 Å². The number of hydrogen-bond donors (Lipinski definition) is 1. The number of rotatable bonds is 2. The van der Waals surface area contributed by atoms with Gasteiger partial charge in [0.2, 0.25) is 0 Å². The van der Waals surface area contributed by atoms with Gasteiger partial charge >= 0.3 is 18.0 Å². The first-order valence-electron chi connectivity index (χ1n) is 4.58. The maximum Gasteiger partial charge on any atom is 0.463 e. The lowest BCUT2D eigenvalue weighted by Crippen LogP contribution is -2.47. The van der Waals surface area contributed by atoms with Crippen LogP contribution >= 0.6 is 15.9 Å². The summed E-state index contributed by atoms with van der Waals surface area (Å²) in [4.78, 5) is 10.9. The van der Waals surface area contributed by atoms with Crippen molar-refractivity contribution in [1.29, 1.82) is 0 Å². The lowest BCUT2D eigenvalue weighted by molar-refractivity contribution is -0.267. The van der Waals surface area contributed by atoms with E-state index in [1.165, 1.54) is 19.1 Å². The van der Waals surface area contributed by atoms with Crippen LogP contribution in [-0.4, -0.2) is 18.0 Å². The fraction of sp³-hybridized carbons (Fsp3) is 0.300. The molecule has 0 radical (unpaired) electrons. The minimum absolute atomic E-state index is 0.113. The molecule has 0 aliphatic rings. The zero-order valence-corrected chi connectivity index (χ0v) is 10.5. The van der Waals surface area contributed by atoms with Gasteiger partial charge < -0.3 is 5.32 Å². The Hall–Kier alpha value is -1.18. The first kappa shape index (κ1) is 14.9. The van der Waals surface area contributed by atoms with Crippen molar-refractivity contribution in [2.24, 2.45) is 0 Å². The maximum absolute atomic E-state index is 12.7. The molecule has 0 aliphatic heterocycles. The Morgan fingerprint density at radius 3 is 2.28 bits per heavy atom. The normalized spacial score (nSPS) is 12.4. The highest BCUT2D eigenvalue weighted by atomic mass is 79.9. The summed E-state index contributed by atoms with van der Waals surface area (Å²) in [6.07, 6.45) is -5.92. The fourth-order valence-corrected chi connectivity index (χ4v) is 1.42. The number of hydrogen-bond acceptors (Lipinski definition) is 1. The molecule has 0 fully saturated rings. The average Bonchev–Trinajstić information content (AvgIpc) is 2.21. The average molecular weight is 332 g/mol. The number of amides is 1. The first-order valence-corrected chi connectivity index (χ1v) is 5.37. The molecule has 100 valence electrons. The van der Waals surface area contributed by atoms with Crippen LogP contribution in [0.15, 0.2) is 22.7 Å². The van der Waals surface area contributed by atoms with Gasteiger partial charge in [0.15, 0.2) is 0 Å². The van der Waals surface area contributed by atoms with E-state index in [0.29, 0.717) is 10.0 Å². The molecule has 2 nitrogen and oxygen atoms in total. The summed E-state index contributed by atoms with van der Waals surface area (Å²) in [6, 6.07) is 4.26. The summed E-state index contributed by atoms with van der Waals surface area (Å²) in [5.74, 6) is -7.84. The molecule has 0 aromatic heterocycles. The molecule has 0 saturated heterocycles. The second kappa shape index (κ2) is 4.83. The van der Waals surface area contributed by atoms with E-state index in [9.17, 15) is 26.7 Å². The van der Waals surface area contributed by atoms with Gasteiger partial charge in [0, 0.05) is 10.2 Å². The summed E-state index contributed by atoms with van der Waals surface area (Å²) < 4.78 is 61.7. The lowest BCUT2D eigenvalue weighted by atomic mass is 10.2. The van der Waals surface area contributed by atoms with Crippen LogP contribution in [0.5, 0.6) is 0 Å². The molecule has 1 aromatic carbocycles. The lowest BCUT2D eigenvalue weighted by Gasteiger charge is -2.19. The monoisotopic (exact) mass is 331 g/mol. The molecule has 0 heterocycles. The van der Waals surface area contributed by atoms with Gasteiger partial charge in [0.05, 0.1) is 0 Å². The SMILES string of the molecule is Cc1ccc(Br)cc1NC(=O)C(F)(F)C(F)(F)F. The second-order valence-electron chi connectivity index (χ2n) is 3.49. The number of carbonyl (C=O) groups excluding carboxylic acids is 1. The molecule has 8 heteroatoms. The number of nitrogens with one attached hydrogen (secondary N) is 1. The third kappa shape index (κ3) is 2.98. The largest absolute Gasteiger partial charge is 0.463 e. The summed E-state index contributed by atoms with van der Waals surface area (Å²) in [6.45, 7) is 1.47. The number of anilines is 1. The predicted octanol–water partition coefficient (Wildman–Crippen LogP) is 3.89. The highest BCUT2D eigenvalue weighted by Crippen LogP contribution is 2.36. The van der Waals surface area contributed by atoms with Crippen molar-refractivity contribution in [3.8, 4) is 0 Å². The van der Waals surface area contributed by atoms with Gasteiger partial charge in [-0.3, -0.25) is 4.79 Å². The van der Waals surface area contributed by atoms with E-state index in [-0.39, 0.29) is 5.69 Å². The number of halogens is 6. The van der Waals surface area contributed by atoms with Gasteiger partial charge in [-0.1, -0.05) is 22.0 Å². The summed E-state index contributed by atoms with van der Waals surface area (Å²) in [5.41, 5.74) is 0.253. The van der Waals surface area contributed by atoms with Gasteiger partial charge in [-0.2, -0.15) is 22.0 Å². The van der Waals surface area contributed by atoms with Crippen LogP contribution in [0.1, 0.15) is 5.56 Å². The molecule has 1 N–H and O–H groups in total. The van der Waals surface area contributed by atoms with Crippen molar-refractivity contribution in [3.63, 3.8) is 0 Å². The Morgan fingerprint density at radius 1 is 1.22 bits per heavy atom. The predicted molar refractivity (Wildman–Crippen MR) is 58.5 cm³/mol. The van der Waals surface area contributed by atoms with E-state index in [2.05, 4.69) is 15.9 Å². The molecule has 1 rings (SSSR count). The Bertz CT molecular complexity index is 472. The standard InChI is InChI=1S/C10H7BrF5NO/c1-5-2-3-6(11)4-7(5)17-8(18)9(12,13)10(14,15)16/h2-4H,1H3,(H,17,18). The Morgan fingerprint density at radius 2 is 1.78 bits per heavy atom. The van der Waals surface area contributed by atoms with E-state index in [4.69, 9.17) is 0 Å². The molecule has 0 bridgehead atoms. The Labute approximate surface area is 107 Å². The Balaban J connectivity index is 2.98. The molecular formula is C10H7BrF5NO. The van der Waals surface area contributed by atoms with Crippen molar-refractivity contribution >= 4 is 27.5 Å². The van der Waals surface area contributed by atoms with Crippen molar-refractivity contribution in [3.05, 3.63) is 28.2 Å². The molecule has 1 aromatic rings. The summed E-state index contributed by atoms with van der Waals surface area (Å²) >= 11 is 3.02. The van der Waals surface area contributed by atoms with Crippen LogP contribution in [0.3, 0.4) is 0 Å². The molecular weight excluding hydrogens is 325 g/mol. The highest BCUT2D eigenvalue weighted by Gasteiger charge is 2.63. The molecule has 1 amide bonds. The van der Waals surface area contributed by atoms with E-state index < -0.39 is 18.0 Å². The number of aryl methyl sites for hydroxylation is 1. The van der Waals surface area contributed by atoms with E-state index in [1.807, 2.05) is 0 Å². The van der Waals surface area contributed by atoms with Crippen molar-refractivity contribution in [1.82, 2.24) is 0 Å². The number of carbonyl (C=O) groups is 1. The smallest absolute Gasteiger partial charge is 0.320 e. The minimum Gasteiger partial charge on any atom is -0.320 e. The zero-order chi connectivity index (χ0) is 14.1. The van der Waals surface area contributed by atoms with E-state index in [0.717, 1.165) is 0 Å². The van der Waals surface area contributed by atoms with Crippen LogP contribution in [-0.2, 0) is 4.79 Å². The molecule has 18 heavy (non-hydrogen) atoms. The number of alkyl halides is 5. The van der Waals surface area contributed by atoms with Crippen molar-refractivity contribution < 1.29 is 26.7 Å². The molecule has 0 spiro atoms. The molecule has 0 unspecified atom stereocenters. The van der Waals surface area contributed by atoms with Gasteiger partial charge in [0.25, 0.3) is 0 Å². The number of benzene rings is 1. The maximum atomic E-state index is 12.7. The molecule has 0 aliphatic carbocycles. The van der Waals surface area contributed by atoms with E-state index in [1.54, 1.807) is 11.4 Å². The zero-order valence-electron chi connectivity index (χ0n) is 8.91.